The second kappa shape index (κ2) is 11.7. The molecule has 2 N–H and O–H groups in total. The molecule has 222 valence electrons. The van der Waals surface area contributed by atoms with Crippen molar-refractivity contribution in [3.8, 4) is 11.3 Å². The number of hydrogen-bond donors (Lipinski definition) is 1. The normalized spacial score (nSPS) is 17.7. The fourth-order valence-electron chi connectivity index (χ4n) is 5.31. The van der Waals surface area contributed by atoms with Crippen LogP contribution < -0.4 is 5.73 Å². The quantitative estimate of drug-likeness (QED) is 0.342. The molecular weight excluding hydrogens is 557 g/mol. The van der Waals surface area contributed by atoms with E-state index >= 15 is 4.39 Å². The molecule has 4 rings (SSSR count). The molecule has 2 heterocycles. The second-order valence-electron chi connectivity index (χ2n) is 12.1. The van der Waals surface area contributed by atoms with E-state index in [2.05, 4.69) is 4.98 Å². The van der Waals surface area contributed by atoms with E-state index in [9.17, 15) is 9.59 Å². The highest BCUT2D eigenvalue weighted by Gasteiger charge is 2.54. The maximum Gasteiger partial charge on any atom is 0.409 e. The number of benzene rings is 2. The topological polar surface area (TPSA) is 101 Å². The monoisotopic (exact) mass is 593 g/mol. The molecule has 0 radical (unpaired) electrons. The minimum atomic E-state index is -1.61. The van der Waals surface area contributed by atoms with Gasteiger partial charge in [-0.25, -0.2) is 14.2 Å². The molecule has 10 heteroatoms. The summed E-state index contributed by atoms with van der Waals surface area (Å²) in [6.45, 7) is 9.34. The SMILES string of the molecule is Cc1ccc([C@@]2(CC(C)(C)C)N=C(N)N([C@H](COC(=O)N(C)C)c3ccc(Cl)c(-c4ncccc4C)c3)C2=O)c(F)c1. The molecule has 3 aromatic rings. The Kier molecular flexibility index (Phi) is 8.64. The van der Waals surface area contributed by atoms with Crippen LogP contribution in [0.15, 0.2) is 59.7 Å². The summed E-state index contributed by atoms with van der Waals surface area (Å²) in [6.07, 6.45) is 1.27. The molecule has 0 saturated carbocycles. The predicted molar refractivity (Wildman–Crippen MR) is 163 cm³/mol. The highest BCUT2D eigenvalue weighted by Crippen LogP contribution is 2.46. The summed E-state index contributed by atoms with van der Waals surface area (Å²) < 4.78 is 21.2. The van der Waals surface area contributed by atoms with Crippen LogP contribution in [0, 0.1) is 25.1 Å². The second-order valence-corrected chi connectivity index (χ2v) is 12.5. The Hall–Kier alpha value is -3.98. The van der Waals surface area contributed by atoms with Crippen LogP contribution in [0.3, 0.4) is 0 Å². The summed E-state index contributed by atoms with van der Waals surface area (Å²) in [5.74, 6) is -1.14. The molecule has 0 aliphatic carbocycles. The van der Waals surface area contributed by atoms with E-state index in [4.69, 9.17) is 27.1 Å². The zero-order valence-electron chi connectivity index (χ0n) is 25.0. The van der Waals surface area contributed by atoms with Crippen molar-refractivity contribution in [1.29, 1.82) is 0 Å². The van der Waals surface area contributed by atoms with Crippen molar-refractivity contribution < 1.29 is 18.7 Å². The predicted octanol–water partition coefficient (Wildman–Crippen LogP) is 6.39. The standard InChI is InChI=1S/C32H37ClFN5O3/c1-19-10-12-23(25(34)15-19)32(18-31(3,4)5)28(40)39(29(35)37-32)26(17-42-30(41)38(6)7)21-11-13-24(33)22(16-21)27-20(2)9-8-14-36-27/h8-16,26H,17-18H2,1-7H3,(H2,35,37)/t26-,32-/m1/s1. The number of carbonyl (C=O) groups excluding carboxylic acids is 2. The van der Waals surface area contributed by atoms with Gasteiger partial charge in [-0.15, -0.1) is 0 Å². The Labute approximate surface area is 251 Å². The molecule has 0 saturated heterocycles. The van der Waals surface area contributed by atoms with Gasteiger partial charge in [-0.2, -0.15) is 0 Å². The Morgan fingerprint density at radius 2 is 1.88 bits per heavy atom. The number of amides is 2. The van der Waals surface area contributed by atoms with E-state index in [1.54, 1.807) is 51.5 Å². The molecular formula is C32H37ClFN5O3. The first kappa shape index (κ1) is 31.0. The largest absolute Gasteiger partial charge is 0.447 e. The Morgan fingerprint density at radius 1 is 1.17 bits per heavy atom. The molecule has 0 spiro atoms. The lowest BCUT2D eigenvalue weighted by Crippen LogP contribution is -2.48. The molecule has 1 aromatic heterocycles. The van der Waals surface area contributed by atoms with Crippen LogP contribution in [-0.2, 0) is 15.1 Å². The van der Waals surface area contributed by atoms with E-state index in [0.717, 1.165) is 5.56 Å². The molecule has 8 nitrogen and oxygen atoms in total. The van der Waals surface area contributed by atoms with Gasteiger partial charge in [0.25, 0.3) is 5.91 Å². The summed E-state index contributed by atoms with van der Waals surface area (Å²) in [5, 5.41) is 0.461. The van der Waals surface area contributed by atoms with Crippen molar-refractivity contribution in [3.05, 3.63) is 87.8 Å². The smallest absolute Gasteiger partial charge is 0.409 e. The van der Waals surface area contributed by atoms with E-state index in [1.807, 2.05) is 45.9 Å². The number of aryl methyl sites for hydroxylation is 2. The van der Waals surface area contributed by atoms with E-state index in [1.165, 1.54) is 15.9 Å². The highest BCUT2D eigenvalue weighted by molar-refractivity contribution is 6.33. The number of aliphatic imine (C=N–C) groups is 1. The first-order valence-electron chi connectivity index (χ1n) is 13.7. The van der Waals surface area contributed by atoms with Gasteiger partial charge in [0.1, 0.15) is 12.4 Å². The number of guanidine groups is 1. The minimum absolute atomic E-state index is 0.0966. The third-order valence-electron chi connectivity index (χ3n) is 7.16. The lowest BCUT2D eigenvalue weighted by molar-refractivity contribution is -0.135. The van der Waals surface area contributed by atoms with Crippen LogP contribution in [-0.4, -0.2) is 53.4 Å². The van der Waals surface area contributed by atoms with Gasteiger partial charge in [-0.1, -0.05) is 56.6 Å². The fourth-order valence-corrected chi connectivity index (χ4v) is 5.52. The first-order chi connectivity index (χ1) is 19.6. The molecule has 1 aliphatic rings. The third-order valence-corrected chi connectivity index (χ3v) is 7.49. The zero-order chi connectivity index (χ0) is 31.0. The minimum Gasteiger partial charge on any atom is -0.447 e. The number of hydrogen-bond acceptors (Lipinski definition) is 6. The van der Waals surface area contributed by atoms with Crippen molar-refractivity contribution >= 4 is 29.6 Å². The summed E-state index contributed by atoms with van der Waals surface area (Å²) in [6, 6.07) is 12.9. The van der Waals surface area contributed by atoms with Gasteiger partial charge < -0.3 is 15.4 Å². The van der Waals surface area contributed by atoms with Gasteiger partial charge in [0.05, 0.1) is 11.7 Å². The molecule has 2 atom stereocenters. The summed E-state index contributed by atoms with van der Waals surface area (Å²) >= 11 is 6.62. The van der Waals surface area contributed by atoms with Crippen molar-refractivity contribution in [2.45, 2.75) is 52.6 Å². The van der Waals surface area contributed by atoms with Gasteiger partial charge in [0.2, 0.25) is 0 Å². The molecule has 1 aliphatic heterocycles. The molecule has 0 bridgehead atoms. The van der Waals surface area contributed by atoms with Crippen LogP contribution in [0.4, 0.5) is 9.18 Å². The number of pyridine rings is 1. The number of ether oxygens (including phenoxy) is 1. The van der Waals surface area contributed by atoms with Crippen LogP contribution in [0.2, 0.25) is 5.02 Å². The van der Waals surface area contributed by atoms with Crippen molar-refractivity contribution in [2.75, 3.05) is 20.7 Å². The van der Waals surface area contributed by atoms with Gasteiger partial charge in [-0.3, -0.25) is 14.7 Å². The van der Waals surface area contributed by atoms with E-state index in [-0.39, 0.29) is 24.6 Å². The molecule has 0 unspecified atom stereocenters. The average Bonchev–Trinajstić information content (AvgIpc) is 3.13. The maximum atomic E-state index is 15.6. The average molecular weight is 594 g/mol. The van der Waals surface area contributed by atoms with Gasteiger partial charge in [0, 0.05) is 36.4 Å². The number of aromatic nitrogens is 1. The first-order valence-corrected chi connectivity index (χ1v) is 14.0. The van der Waals surface area contributed by atoms with Crippen LogP contribution in [0.25, 0.3) is 11.3 Å². The Morgan fingerprint density at radius 3 is 2.50 bits per heavy atom. The van der Waals surface area contributed by atoms with E-state index < -0.39 is 34.8 Å². The summed E-state index contributed by atoms with van der Waals surface area (Å²) in [5.41, 5.74) is 8.16. The molecule has 0 fully saturated rings. The van der Waals surface area contributed by atoms with Crippen molar-refractivity contribution in [2.24, 2.45) is 16.1 Å². The van der Waals surface area contributed by atoms with E-state index in [0.29, 0.717) is 27.4 Å². The lowest BCUT2D eigenvalue weighted by atomic mass is 9.75. The van der Waals surface area contributed by atoms with Crippen LogP contribution >= 0.6 is 11.6 Å². The van der Waals surface area contributed by atoms with Gasteiger partial charge in [-0.05, 0) is 66.6 Å². The van der Waals surface area contributed by atoms with Crippen molar-refractivity contribution in [1.82, 2.24) is 14.8 Å². The Bertz CT molecular complexity index is 1550. The van der Waals surface area contributed by atoms with Crippen LogP contribution in [0.5, 0.6) is 0 Å². The fraction of sp³-hybridized carbons (Fsp3) is 0.375. The summed E-state index contributed by atoms with van der Waals surface area (Å²) in [7, 11) is 3.12. The number of halogens is 2. The highest BCUT2D eigenvalue weighted by atomic mass is 35.5. The zero-order valence-corrected chi connectivity index (χ0v) is 25.8. The number of nitrogens with two attached hydrogens (primary N) is 1. The third kappa shape index (κ3) is 6.11. The summed E-state index contributed by atoms with van der Waals surface area (Å²) in [4.78, 5) is 38.9. The Balaban J connectivity index is 1.88. The number of rotatable bonds is 7. The van der Waals surface area contributed by atoms with Crippen LogP contribution in [0.1, 0.15) is 55.5 Å². The molecule has 2 amide bonds. The lowest BCUT2D eigenvalue weighted by Gasteiger charge is -2.35. The van der Waals surface area contributed by atoms with Gasteiger partial charge >= 0.3 is 6.09 Å². The number of carbonyl (C=O) groups is 2. The van der Waals surface area contributed by atoms with Gasteiger partial charge in [0.15, 0.2) is 11.5 Å². The molecule has 42 heavy (non-hydrogen) atoms. The molecule has 2 aromatic carbocycles. The maximum absolute atomic E-state index is 15.6. The van der Waals surface area contributed by atoms with Crippen molar-refractivity contribution in [3.63, 3.8) is 0 Å². The number of nitrogens with zero attached hydrogens (tertiary/aromatic N) is 4.